The molecule has 4 heteroatoms. The Kier molecular flexibility index (Phi) is 5.52. The topological polar surface area (TPSA) is 38.3 Å². The van der Waals surface area contributed by atoms with Gasteiger partial charge in [-0.2, -0.15) is 11.8 Å². The first kappa shape index (κ1) is 14.4. The molecule has 0 amide bonds. The molecule has 1 atom stereocenters. The molecule has 1 N–H and O–H groups in total. The van der Waals surface area contributed by atoms with Crippen molar-refractivity contribution in [2.24, 2.45) is 5.92 Å². The number of ether oxygens (including phenoxy) is 1. The van der Waals surface area contributed by atoms with Gasteiger partial charge in [0.05, 0.1) is 12.1 Å². The molecule has 0 aromatic rings. The molecule has 2 saturated heterocycles. The molecular weight excluding hydrogens is 246 g/mol. The molecule has 1 unspecified atom stereocenters. The van der Waals surface area contributed by atoms with Gasteiger partial charge in [0.25, 0.3) is 0 Å². The number of nitrogens with one attached hydrogen (secondary N) is 1. The molecule has 0 radical (unpaired) electrons. The number of ketones is 1. The van der Waals surface area contributed by atoms with Crippen molar-refractivity contribution in [2.75, 3.05) is 31.2 Å². The van der Waals surface area contributed by atoms with E-state index in [1.807, 2.05) is 11.8 Å². The molecule has 0 saturated carbocycles. The van der Waals surface area contributed by atoms with Crippen LogP contribution in [0, 0.1) is 5.92 Å². The fourth-order valence-electron chi connectivity index (χ4n) is 2.93. The van der Waals surface area contributed by atoms with Gasteiger partial charge in [-0.1, -0.05) is 6.92 Å². The van der Waals surface area contributed by atoms with E-state index in [1.54, 1.807) is 0 Å². The van der Waals surface area contributed by atoms with E-state index in [4.69, 9.17) is 4.74 Å². The molecular formula is C14H25NO2S. The molecule has 1 spiro atoms. The maximum atomic E-state index is 12.2. The van der Waals surface area contributed by atoms with Crippen LogP contribution in [0.5, 0.6) is 0 Å². The molecule has 2 heterocycles. The Hall–Kier alpha value is -0.0600. The molecule has 2 rings (SSSR count). The normalized spacial score (nSPS) is 27.3. The molecule has 0 aliphatic carbocycles. The number of Topliss-reactive ketones (excluding diaryl/α,β-unsaturated/α-hetero) is 1. The van der Waals surface area contributed by atoms with Crippen LogP contribution in [0.15, 0.2) is 0 Å². The summed E-state index contributed by atoms with van der Waals surface area (Å²) in [7, 11) is 0. The Labute approximate surface area is 114 Å². The number of rotatable bonds is 5. The Balaban J connectivity index is 1.83. The van der Waals surface area contributed by atoms with Crippen LogP contribution in [0.4, 0.5) is 0 Å². The molecule has 0 aromatic heterocycles. The zero-order valence-corrected chi connectivity index (χ0v) is 12.2. The molecule has 0 bridgehead atoms. The molecule has 3 nitrogen and oxygen atoms in total. The lowest BCUT2D eigenvalue weighted by atomic mass is 9.80. The van der Waals surface area contributed by atoms with Crippen molar-refractivity contribution in [3.05, 3.63) is 0 Å². The molecule has 104 valence electrons. The van der Waals surface area contributed by atoms with Gasteiger partial charge in [0.1, 0.15) is 5.78 Å². The van der Waals surface area contributed by atoms with Crippen molar-refractivity contribution in [3.63, 3.8) is 0 Å². The first-order valence-corrected chi connectivity index (χ1v) is 8.36. The van der Waals surface area contributed by atoms with Crippen LogP contribution in [-0.2, 0) is 9.53 Å². The van der Waals surface area contributed by atoms with Crippen LogP contribution in [0.1, 0.15) is 39.0 Å². The summed E-state index contributed by atoms with van der Waals surface area (Å²) in [5, 5.41) is 3.23. The van der Waals surface area contributed by atoms with Gasteiger partial charge >= 0.3 is 0 Å². The average molecular weight is 271 g/mol. The van der Waals surface area contributed by atoms with E-state index < -0.39 is 0 Å². The number of hydrogen-bond donors (Lipinski definition) is 1. The highest BCUT2D eigenvalue weighted by Crippen LogP contribution is 2.39. The van der Waals surface area contributed by atoms with E-state index in [0.717, 1.165) is 45.3 Å². The Morgan fingerprint density at radius 1 is 1.44 bits per heavy atom. The van der Waals surface area contributed by atoms with Crippen LogP contribution >= 0.6 is 11.8 Å². The second kappa shape index (κ2) is 6.92. The summed E-state index contributed by atoms with van der Waals surface area (Å²) in [6, 6.07) is 0. The minimum atomic E-state index is 0.0363. The van der Waals surface area contributed by atoms with E-state index >= 15 is 0 Å². The largest absolute Gasteiger partial charge is 0.375 e. The van der Waals surface area contributed by atoms with Crippen LogP contribution in [0.3, 0.4) is 0 Å². The highest BCUT2D eigenvalue weighted by Gasteiger charge is 2.40. The monoisotopic (exact) mass is 271 g/mol. The van der Waals surface area contributed by atoms with E-state index in [9.17, 15) is 4.79 Å². The van der Waals surface area contributed by atoms with Gasteiger partial charge in [-0.3, -0.25) is 4.79 Å². The van der Waals surface area contributed by atoms with E-state index in [1.165, 1.54) is 11.5 Å². The number of carbonyl (C=O) groups is 1. The third-order valence-corrected chi connectivity index (χ3v) is 5.06. The van der Waals surface area contributed by atoms with Crippen molar-refractivity contribution in [1.29, 1.82) is 0 Å². The molecule has 2 aliphatic heterocycles. The van der Waals surface area contributed by atoms with E-state index in [0.29, 0.717) is 12.3 Å². The average Bonchev–Trinajstić information content (AvgIpc) is 2.40. The van der Waals surface area contributed by atoms with Gasteiger partial charge < -0.3 is 10.1 Å². The second-order valence-corrected chi connectivity index (χ2v) is 6.70. The lowest BCUT2D eigenvalue weighted by Gasteiger charge is -2.43. The predicted molar refractivity (Wildman–Crippen MR) is 76.1 cm³/mol. The summed E-state index contributed by atoms with van der Waals surface area (Å²) in [5.74, 6) is 3.00. The molecule has 2 aliphatic rings. The van der Waals surface area contributed by atoms with E-state index in [-0.39, 0.29) is 11.5 Å². The number of carbonyl (C=O) groups excluding carboxylic acids is 1. The summed E-state index contributed by atoms with van der Waals surface area (Å²) in [5.41, 5.74) is 0.0363. The summed E-state index contributed by atoms with van der Waals surface area (Å²) >= 11 is 2.01. The highest BCUT2D eigenvalue weighted by molar-refractivity contribution is 7.99. The van der Waals surface area contributed by atoms with Crippen LogP contribution < -0.4 is 5.32 Å². The lowest BCUT2D eigenvalue weighted by Crippen LogP contribution is -2.45. The molecule has 18 heavy (non-hydrogen) atoms. The lowest BCUT2D eigenvalue weighted by molar-refractivity contribution is -0.137. The van der Waals surface area contributed by atoms with Gasteiger partial charge in [-0.25, -0.2) is 0 Å². The van der Waals surface area contributed by atoms with Gasteiger partial charge in [0.15, 0.2) is 0 Å². The summed E-state index contributed by atoms with van der Waals surface area (Å²) in [6.45, 7) is 4.38. The van der Waals surface area contributed by atoms with Gasteiger partial charge in [0, 0.05) is 12.5 Å². The summed E-state index contributed by atoms with van der Waals surface area (Å²) < 4.78 is 6.03. The number of thioether (sulfide) groups is 1. The quantitative estimate of drug-likeness (QED) is 0.778. The standard InChI is InChI=1S/C14H25NO2S/c1-2-6-15-11-13(16)12-3-7-17-14(10-12)4-8-18-9-5-14/h12,15H,2-11H2,1H3. The van der Waals surface area contributed by atoms with Crippen molar-refractivity contribution >= 4 is 17.5 Å². The zero-order valence-electron chi connectivity index (χ0n) is 11.4. The second-order valence-electron chi connectivity index (χ2n) is 5.48. The highest BCUT2D eigenvalue weighted by atomic mass is 32.2. The maximum Gasteiger partial charge on any atom is 0.149 e. The van der Waals surface area contributed by atoms with Crippen molar-refractivity contribution in [3.8, 4) is 0 Å². The van der Waals surface area contributed by atoms with Crippen molar-refractivity contribution in [2.45, 2.75) is 44.6 Å². The summed E-state index contributed by atoms with van der Waals surface area (Å²) in [4.78, 5) is 12.2. The smallest absolute Gasteiger partial charge is 0.149 e. The van der Waals surface area contributed by atoms with E-state index in [2.05, 4.69) is 12.2 Å². The van der Waals surface area contributed by atoms with Gasteiger partial charge in [-0.15, -0.1) is 0 Å². The first-order chi connectivity index (χ1) is 8.76. The first-order valence-electron chi connectivity index (χ1n) is 7.21. The minimum absolute atomic E-state index is 0.0363. The predicted octanol–water partition coefficient (Wildman–Crippen LogP) is 2.25. The van der Waals surface area contributed by atoms with Crippen LogP contribution in [0.25, 0.3) is 0 Å². The van der Waals surface area contributed by atoms with Gasteiger partial charge in [-0.05, 0) is 50.2 Å². The SMILES string of the molecule is CCCNCC(=O)C1CCOC2(CCSCC2)C1. The maximum absolute atomic E-state index is 12.2. The third-order valence-electron chi connectivity index (χ3n) is 4.08. The number of hydrogen-bond acceptors (Lipinski definition) is 4. The summed E-state index contributed by atoms with van der Waals surface area (Å²) in [6.07, 6.45) is 5.22. The third kappa shape index (κ3) is 3.72. The Morgan fingerprint density at radius 2 is 2.22 bits per heavy atom. The van der Waals surface area contributed by atoms with Gasteiger partial charge in [0.2, 0.25) is 0 Å². The van der Waals surface area contributed by atoms with Crippen molar-refractivity contribution < 1.29 is 9.53 Å². The fraction of sp³-hybridized carbons (Fsp3) is 0.929. The zero-order chi connectivity index (χ0) is 12.8. The molecule has 0 aromatic carbocycles. The fourth-order valence-corrected chi connectivity index (χ4v) is 4.16. The Morgan fingerprint density at radius 3 is 2.94 bits per heavy atom. The minimum Gasteiger partial charge on any atom is -0.375 e. The molecule has 2 fully saturated rings. The van der Waals surface area contributed by atoms with Crippen LogP contribution in [0.2, 0.25) is 0 Å². The Bertz CT molecular complexity index is 271. The van der Waals surface area contributed by atoms with Crippen molar-refractivity contribution in [1.82, 2.24) is 5.32 Å². The van der Waals surface area contributed by atoms with Crippen LogP contribution in [-0.4, -0.2) is 42.6 Å².